The van der Waals surface area contributed by atoms with Crippen molar-refractivity contribution in [3.63, 3.8) is 0 Å². The Morgan fingerprint density at radius 1 is 1.00 bits per heavy atom. The van der Waals surface area contributed by atoms with E-state index in [1.807, 2.05) is 36.4 Å². The highest BCUT2D eigenvalue weighted by Crippen LogP contribution is 2.31. The van der Waals surface area contributed by atoms with E-state index in [9.17, 15) is 13.9 Å². The highest BCUT2D eigenvalue weighted by Gasteiger charge is 2.28. The van der Waals surface area contributed by atoms with E-state index in [0.717, 1.165) is 53.7 Å². The van der Waals surface area contributed by atoms with Gasteiger partial charge in [-0.05, 0) is 38.5 Å². The Morgan fingerprint density at radius 3 is 2.44 bits per heavy atom. The van der Waals surface area contributed by atoms with Crippen LogP contribution in [0.15, 0.2) is 60.8 Å². The van der Waals surface area contributed by atoms with Crippen molar-refractivity contribution in [1.82, 2.24) is 15.2 Å². The summed E-state index contributed by atoms with van der Waals surface area (Å²) < 4.78 is 27.6. The van der Waals surface area contributed by atoms with E-state index in [-0.39, 0.29) is 12.5 Å². The van der Waals surface area contributed by atoms with Crippen LogP contribution in [0.5, 0.6) is 0 Å². The van der Waals surface area contributed by atoms with Crippen LogP contribution < -0.4 is 9.80 Å². The molecule has 0 unspecified atom stereocenters. The van der Waals surface area contributed by atoms with Gasteiger partial charge in [0, 0.05) is 60.7 Å². The van der Waals surface area contributed by atoms with Crippen molar-refractivity contribution in [3.05, 3.63) is 89.2 Å². The average Bonchev–Trinajstić information content (AvgIpc) is 2.85. The first-order valence-electron chi connectivity index (χ1n) is 12.1. The second-order valence-corrected chi connectivity index (χ2v) is 9.88. The van der Waals surface area contributed by atoms with E-state index in [4.69, 9.17) is 0 Å². The maximum absolute atomic E-state index is 14.3. The zero-order valence-electron chi connectivity index (χ0n) is 20.6. The van der Waals surface area contributed by atoms with E-state index < -0.39 is 17.2 Å². The Bertz CT molecular complexity index is 1390. The number of anilines is 2. The lowest BCUT2D eigenvalue weighted by Crippen LogP contribution is -2.52. The number of hydrogen-bond acceptors (Lipinski definition) is 6. The Balaban J connectivity index is 1.39. The zero-order valence-corrected chi connectivity index (χ0v) is 20.6. The average molecular weight is 490 g/mol. The summed E-state index contributed by atoms with van der Waals surface area (Å²) in [6.07, 6.45) is 1.96. The Kier molecular flexibility index (Phi) is 6.30. The summed E-state index contributed by atoms with van der Waals surface area (Å²) in [5, 5.41) is 21.1. The molecule has 5 rings (SSSR count). The third-order valence-corrected chi connectivity index (χ3v) is 6.80. The number of rotatable bonds is 5. The quantitative estimate of drug-likeness (QED) is 0.433. The van der Waals surface area contributed by atoms with Gasteiger partial charge in [-0.15, -0.1) is 5.10 Å². The molecular formula is C28H29F2N5O. The van der Waals surface area contributed by atoms with Crippen molar-refractivity contribution in [2.45, 2.75) is 38.8 Å². The summed E-state index contributed by atoms with van der Waals surface area (Å²) in [6, 6.07) is 15.5. The van der Waals surface area contributed by atoms with Crippen molar-refractivity contribution in [1.29, 1.82) is 0 Å². The molecule has 1 aliphatic rings. The van der Waals surface area contributed by atoms with E-state index in [1.54, 1.807) is 20.0 Å². The van der Waals surface area contributed by atoms with Crippen LogP contribution >= 0.6 is 0 Å². The predicted octanol–water partition coefficient (Wildman–Crippen LogP) is 4.84. The van der Waals surface area contributed by atoms with Gasteiger partial charge in [0.2, 0.25) is 0 Å². The van der Waals surface area contributed by atoms with Crippen LogP contribution in [-0.2, 0) is 12.0 Å². The van der Waals surface area contributed by atoms with Crippen LogP contribution in [0.3, 0.4) is 0 Å². The molecule has 3 heterocycles. The number of aromatic nitrogens is 3. The topological polar surface area (TPSA) is 65.4 Å². The van der Waals surface area contributed by atoms with E-state index >= 15 is 0 Å². The number of benzene rings is 2. The fourth-order valence-electron chi connectivity index (χ4n) is 4.75. The summed E-state index contributed by atoms with van der Waals surface area (Å²) >= 11 is 0. The van der Waals surface area contributed by atoms with Crippen LogP contribution in [0.2, 0.25) is 0 Å². The normalized spacial score (nSPS) is 16.6. The largest absolute Gasteiger partial charge is 0.386 e. The van der Waals surface area contributed by atoms with E-state index in [1.165, 1.54) is 12.1 Å². The molecule has 0 aliphatic carbocycles. The zero-order chi connectivity index (χ0) is 25.4. The number of fused-ring (bicyclic) bond motifs is 1. The molecule has 1 N–H and O–H groups in total. The first kappa shape index (κ1) is 24.1. The fraction of sp³-hybridized carbons (Fsp3) is 0.321. The van der Waals surface area contributed by atoms with Crippen LogP contribution in [0.1, 0.15) is 37.6 Å². The minimum absolute atomic E-state index is 0.146. The third kappa shape index (κ3) is 4.73. The van der Waals surface area contributed by atoms with Gasteiger partial charge in [-0.3, -0.25) is 0 Å². The summed E-state index contributed by atoms with van der Waals surface area (Å²) in [7, 11) is 0. The minimum Gasteiger partial charge on any atom is -0.386 e. The van der Waals surface area contributed by atoms with Gasteiger partial charge in [-0.25, -0.2) is 13.8 Å². The van der Waals surface area contributed by atoms with Gasteiger partial charge in [-0.1, -0.05) is 36.4 Å². The number of hydrogen-bond donors (Lipinski definition) is 1. The lowest BCUT2D eigenvalue weighted by Gasteiger charge is -2.41. The Morgan fingerprint density at radius 2 is 1.78 bits per heavy atom. The molecular weight excluding hydrogens is 460 g/mol. The summed E-state index contributed by atoms with van der Waals surface area (Å²) in [4.78, 5) is 9.06. The molecule has 2 aromatic carbocycles. The fourth-order valence-corrected chi connectivity index (χ4v) is 4.75. The number of halogens is 2. The molecule has 1 aliphatic heterocycles. The summed E-state index contributed by atoms with van der Waals surface area (Å²) in [5.41, 5.74) is 0.891. The third-order valence-electron chi connectivity index (χ3n) is 6.80. The molecule has 2 aromatic heterocycles. The molecule has 1 saturated heterocycles. The van der Waals surface area contributed by atoms with Crippen LogP contribution in [-0.4, -0.2) is 46.0 Å². The molecule has 0 saturated carbocycles. The second-order valence-electron chi connectivity index (χ2n) is 9.88. The van der Waals surface area contributed by atoms with Gasteiger partial charge in [0.1, 0.15) is 17.5 Å². The molecule has 0 bridgehead atoms. The highest BCUT2D eigenvalue weighted by atomic mass is 19.1. The molecule has 1 fully saturated rings. The molecule has 0 radical (unpaired) electrons. The Labute approximate surface area is 209 Å². The maximum atomic E-state index is 14.3. The van der Waals surface area contributed by atoms with Gasteiger partial charge in [0.25, 0.3) is 0 Å². The van der Waals surface area contributed by atoms with Crippen LogP contribution in [0.25, 0.3) is 10.8 Å². The van der Waals surface area contributed by atoms with E-state index in [2.05, 4.69) is 31.9 Å². The number of pyridine rings is 1. The predicted molar refractivity (Wildman–Crippen MR) is 137 cm³/mol. The smallest absolute Gasteiger partial charge is 0.159 e. The van der Waals surface area contributed by atoms with Crippen molar-refractivity contribution >= 4 is 22.4 Å². The van der Waals surface area contributed by atoms with Gasteiger partial charge in [-0.2, -0.15) is 5.10 Å². The second kappa shape index (κ2) is 9.43. The van der Waals surface area contributed by atoms with Gasteiger partial charge >= 0.3 is 0 Å². The molecule has 36 heavy (non-hydrogen) atoms. The van der Waals surface area contributed by atoms with Gasteiger partial charge in [0.15, 0.2) is 5.82 Å². The SMILES string of the molecule is C[C@H]1CN(c2ccc(C(C)(C)O)cn2)CCN1c1nnc(Cc2ccc(F)cc2F)c2ccccc12. The molecule has 8 heteroatoms. The van der Waals surface area contributed by atoms with Crippen molar-refractivity contribution < 1.29 is 13.9 Å². The molecule has 0 amide bonds. The van der Waals surface area contributed by atoms with Gasteiger partial charge < -0.3 is 14.9 Å². The summed E-state index contributed by atoms with van der Waals surface area (Å²) in [5.74, 6) is 0.492. The molecule has 186 valence electrons. The first-order valence-corrected chi connectivity index (χ1v) is 12.1. The lowest BCUT2D eigenvalue weighted by molar-refractivity contribution is 0.0782. The molecule has 6 nitrogen and oxygen atoms in total. The number of nitrogens with zero attached hydrogens (tertiary/aromatic N) is 5. The van der Waals surface area contributed by atoms with Crippen molar-refractivity contribution in [2.24, 2.45) is 0 Å². The van der Waals surface area contributed by atoms with Gasteiger partial charge in [0.05, 0.1) is 11.3 Å². The highest BCUT2D eigenvalue weighted by molar-refractivity contribution is 5.93. The van der Waals surface area contributed by atoms with Crippen LogP contribution in [0.4, 0.5) is 20.4 Å². The first-order chi connectivity index (χ1) is 17.2. The Hall–Kier alpha value is -3.65. The van der Waals surface area contributed by atoms with E-state index in [0.29, 0.717) is 11.3 Å². The molecule has 0 spiro atoms. The van der Waals surface area contributed by atoms with Crippen molar-refractivity contribution in [2.75, 3.05) is 29.4 Å². The lowest BCUT2D eigenvalue weighted by atomic mass is 10.0. The number of piperazine rings is 1. The van der Waals surface area contributed by atoms with Crippen molar-refractivity contribution in [3.8, 4) is 0 Å². The molecule has 4 aromatic rings. The minimum atomic E-state index is -0.925. The van der Waals surface area contributed by atoms with Crippen LogP contribution in [0, 0.1) is 11.6 Å². The molecule has 1 atom stereocenters. The maximum Gasteiger partial charge on any atom is 0.159 e. The monoisotopic (exact) mass is 489 g/mol. The summed E-state index contributed by atoms with van der Waals surface area (Å²) in [6.45, 7) is 7.90. The number of aliphatic hydroxyl groups is 1. The standard InChI is InChI=1S/C28H29F2N5O/c1-18-17-34(26-11-9-20(16-31-26)28(2,3)36)12-13-35(18)27-23-7-5-4-6-22(23)25(32-33-27)14-19-8-10-21(29)15-24(19)30/h4-11,15-16,18,36H,12-14,17H2,1-3H3/t18-/m0/s1.